The number of phenolic OH excluding ortho intramolecular Hbond substituents is 1. The normalized spacial score (nSPS) is 10.8. The van der Waals surface area contributed by atoms with Crippen molar-refractivity contribution in [2.45, 2.75) is 0 Å². The number of hydrogen-bond acceptors (Lipinski definition) is 3. The molecule has 0 aliphatic heterocycles. The molecule has 0 atom stereocenters. The molecule has 0 unspecified atom stereocenters. The van der Waals surface area contributed by atoms with Crippen molar-refractivity contribution in [2.24, 2.45) is 0 Å². The molecule has 20 heavy (non-hydrogen) atoms. The second-order valence-corrected chi connectivity index (χ2v) is 4.90. The molecule has 0 bridgehead atoms. The summed E-state index contributed by atoms with van der Waals surface area (Å²) in [6.45, 7) is 0. The number of halogens is 1. The van der Waals surface area contributed by atoms with E-state index in [1.807, 2.05) is 0 Å². The summed E-state index contributed by atoms with van der Waals surface area (Å²) in [5.41, 5.74) is 1.88. The van der Waals surface area contributed by atoms with Crippen LogP contribution in [-0.4, -0.2) is 20.9 Å². The van der Waals surface area contributed by atoms with Crippen molar-refractivity contribution in [1.29, 1.82) is 5.41 Å². The average Bonchev–Trinajstić information content (AvgIpc) is 2.73. The molecule has 3 rings (SSSR count). The highest BCUT2D eigenvalue weighted by molar-refractivity contribution is 6.31. The molecule has 0 spiro atoms. The van der Waals surface area contributed by atoms with E-state index in [9.17, 15) is 10.2 Å². The Morgan fingerprint density at radius 1 is 1.05 bits per heavy atom. The third-order valence-electron chi connectivity index (χ3n) is 3.15. The first kappa shape index (κ1) is 12.6. The van der Waals surface area contributed by atoms with Gasteiger partial charge in [0.25, 0.3) is 0 Å². The number of aromatic hydroxyl groups is 2. The average molecular weight is 287 g/mol. The van der Waals surface area contributed by atoms with Crippen LogP contribution in [0.1, 0.15) is 11.1 Å². The van der Waals surface area contributed by atoms with Crippen LogP contribution in [0.25, 0.3) is 10.9 Å². The van der Waals surface area contributed by atoms with Crippen LogP contribution < -0.4 is 0 Å². The molecule has 0 aliphatic carbocycles. The van der Waals surface area contributed by atoms with Gasteiger partial charge in [0.15, 0.2) is 5.88 Å². The lowest BCUT2D eigenvalue weighted by Gasteiger charge is -2.04. The number of phenols is 1. The van der Waals surface area contributed by atoms with Gasteiger partial charge >= 0.3 is 0 Å². The Kier molecular flexibility index (Phi) is 2.88. The Bertz CT molecular complexity index is 807. The highest BCUT2D eigenvalue weighted by Gasteiger charge is 2.16. The van der Waals surface area contributed by atoms with E-state index in [4.69, 9.17) is 17.0 Å². The molecule has 1 heterocycles. The minimum Gasteiger partial charge on any atom is -0.508 e. The fourth-order valence-corrected chi connectivity index (χ4v) is 2.35. The summed E-state index contributed by atoms with van der Waals surface area (Å²) >= 11 is 5.91. The van der Waals surface area contributed by atoms with E-state index in [1.54, 1.807) is 30.3 Å². The second kappa shape index (κ2) is 4.58. The van der Waals surface area contributed by atoms with Gasteiger partial charge < -0.3 is 15.2 Å². The van der Waals surface area contributed by atoms with Crippen molar-refractivity contribution < 1.29 is 10.2 Å². The lowest BCUT2D eigenvalue weighted by Crippen LogP contribution is -2.00. The van der Waals surface area contributed by atoms with Crippen LogP contribution in [-0.2, 0) is 0 Å². The summed E-state index contributed by atoms with van der Waals surface area (Å²) in [6, 6.07) is 11.4. The fourth-order valence-electron chi connectivity index (χ4n) is 2.18. The summed E-state index contributed by atoms with van der Waals surface area (Å²) < 4.78 is 0. The quantitative estimate of drug-likeness (QED) is 0.543. The number of hydrogen-bond donors (Lipinski definition) is 4. The van der Waals surface area contributed by atoms with Gasteiger partial charge in [0.1, 0.15) is 5.75 Å². The predicted molar refractivity (Wildman–Crippen MR) is 79.0 cm³/mol. The van der Waals surface area contributed by atoms with Gasteiger partial charge in [-0.15, -0.1) is 0 Å². The Labute approximate surface area is 119 Å². The monoisotopic (exact) mass is 286 g/mol. The molecular formula is C15H11ClN2O2. The van der Waals surface area contributed by atoms with E-state index in [2.05, 4.69) is 4.98 Å². The largest absolute Gasteiger partial charge is 0.508 e. The molecule has 4 nitrogen and oxygen atoms in total. The molecule has 0 saturated carbocycles. The van der Waals surface area contributed by atoms with Crippen molar-refractivity contribution in [3.8, 4) is 11.6 Å². The van der Waals surface area contributed by atoms with Crippen molar-refractivity contribution in [3.05, 3.63) is 58.6 Å². The third kappa shape index (κ3) is 2.00. The summed E-state index contributed by atoms with van der Waals surface area (Å²) in [7, 11) is 0. The van der Waals surface area contributed by atoms with Crippen LogP contribution in [0.5, 0.6) is 11.6 Å². The SMILES string of the molecule is N=C(c1ccc(O)cc1)c1c(O)[nH]c2cc(Cl)ccc12. The summed E-state index contributed by atoms with van der Waals surface area (Å²) in [6.07, 6.45) is 0. The molecule has 0 saturated heterocycles. The number of rotatable bonds is 2. The first-order chi connectivity index (χ1) is 9.56. The molecular weight excluding hydrogens is 276 g/mol. The van der Waals surface area contributed by atoms with Crippen LogP contribution in [0, 0.1) is 5.41 Å². The molecule has 0 fully saturated rings. The molecule has 0 amide bonds. The van der Waals surface area contributed by atoms with Crippen molar-refractivity contribution in [3.63, 3.8) is 0 Å². The van der Waals surface area contributed by atoms with Crippen molar-refractivity contribution in [1.82, 2.24) is 4.98 Å². The Balaban J connectivity index is 2.16. The van der Waals surface area contributed by atoms with Gasteiger partial charge in [-0.1, -0.05) is 17.7 Å². The van der Waals surface area contributed by atoms with Gasteiger partial charge in [0.05, 0.1) is 16.8 Å². The van der Waals surface area contributed by atoms with Crippen LogP contribution in [0.4, 0.5) is 0 Å². The number of aromatic amines is 1. The number of benzene rings is 2. The smallest absolute Gasteiger partial charge is 0.199 e. The van der Waals surface area contributed by atoms with E-state index in [0.29, 0.717) is 21.7 Å². The highest BCUT2D eigenvalue weighted by Crippen LogP contribution is 2.31. The minimum atomic E-state index is -0.0691. The predicted octanol–water partition coefficient (Wildman–Crippen LogP) is 3.65. The third-order valence-corrected chi connectivity index (χ3v) is 3.38. The Morgan fingerprint density at radius 3 is 2.45 bits per heavy atom. The molecule has 100 valence electrons. The molecule has 0 aliphatic rings. The van der Waals surface area contributed by atoms with Crippen LogP contribution >= 0.6 is 11.6 Å². The van der Waals surface area contributed by atoms with Crippen molar-refractivity contribution >= 4 is 28.2 Å². The zero-order chi connectivity index (χ0) is 14.3. The number of H-pyrrole nitrogens is 1. The van der Waals surface area contributed by atoms with E-state index < -0.39 is 0 Å². The summed E-state index contributed by atoms with van der Waals surface area (Å²) in [5.74, 6) is 0.0665. The lowest BCUT2D eigenvalue weighted by atomic mass is 10.0. The number of fused-ring (bicyclic) bond motifs is 1. The van der Waals surface area contributed by atoms with E-state index in [0.717, 1.165) is 5.39 Å². The Morgan fingerprint density at radius 2 is 1.75 bits per heavy atom. The number of aromatic nitrogens is 1. The molecule has 3 aromatic rings. The van der Waals surface area contributed by atoms with Crippen molar-refractivity contribution in [2.75, 3.05) is 0 Å². The van der Waals surface area contributed by atoms with Gasteiger partial charge in [-0.05, 0) is 36.4 Å². The molecule has 4 N–H and O–H groups in total. The van der Waals surface area contributed by atoms with E-state index in [-0.39, 0.29) is 17.3 Å². The molecule has 2 aromatic carbocycles. The van der Waals surface area contributed by atoms with Gasteiger partial charge in [-0.3, -0.25) is 5.41 Å². The van der Waals surface area contributed by atoms with Crippen LogP contribution in [0.3, 0.4) is 0 Å². The maximum Gasteiger partial charge on any atom is 0.199 e. The standard InChI is InChI=1S/C15H11ClN2O2/c16-9-3-6-11-12(7-9)18-15(20)13(11)14(17)8-1-4-10(19)5-2-8/h1-7,17-20H. The zero-order valence-corrected chi connectivity index (χ0v) is 11.1. The van der Waals surface area contributed by atoms with Gasteiger partial charge in [0.2, 0.25) is 0 Å². The molecule has 0 radical (unpaired) electrons. The first-order valence-corrected chi connectivity index (χ1v) is 6.32. The highest BCUT2D eigenvalue weighted by atomic mass is 35.5. The minimum absolute atomic E-state index is 0.0691. The Hall–Kier alpha value is -2.46. The number of nitrogens with one attached hydrogen (secondary N) is 2. The first-order valence-electron chi connectivity index (χ1n) is 5.95. The topological polar surface area (TPSA) is 80.1 Å². The van der Waals surface area contributed by atoms with Gasteiger partial charge in [-0.25, -0.2) is 0 Å². The molecule has 1 aromatic heterocycles. The maximum absolute atomic E-state index is 10.0. The van der Waals surface area contributed by atoms with Gasteiger partial charge in [0, 0.05) is 16.0 Å². The zero-order valence-electron chi connectivity index (χ0n) is 10.3. The lowest BCUT2D eigenvalue weighted by molar-refractivity contribution is 0.457. The van der Waals surface area contributed by atoms with Crippen LogP contribution in [0.2, 0.25) is 5.02 Å². The van der Waals surface area contributed by atoms with Gasteiger partial charge in [-0.2, -0.15) is 0 Å². The maximum atomic E-state index is 10.0. The van der Waals surface area contributed by atoms with E-state index >= 15 is 0 Å². The summed E-state index contributed by atoms with van der Waals surface area (Å²) in [5, 5.41) is 28.8. The second-order valence-electron chi connectivity index (χ2n) is 4.46. The fraction of sp³-hybridized carbons (Fsp3) is 0. The van der Waals surface area contributed by atoms with E-state index in [1.165, 1.54) is 12.1 Å². The molecule has 5 heteroatoms. The summed E-state index contributed by atoms with van der Waals surface area (Å²) in [4.78, 5) is 2.81. The van der Waals surface area contributed by atoms with Crippen LogP contribution in [0.15, 0.2) is 42.5 Å².